The summed E-state index contributed by atoms with van der Waals surface area (Å²) in [5.41, 5.74) is -0.687. The summed E-state index contributed by atoms with van der Waals surface area (Å²) in [4.78, 5) is 12.1. The molecule has 0 aromatic heterocycles. The van der Waals surface area contributed by atoms with Crippen LogP contribution in [0.1, 0.15) is 75.2 Å². The van der Waals surface area contributed by atoms with Crippen LogP contribution in [0.5, 0.6) is 0 Å². The van der Waals surface area contributed by atoms with Gasteiger partial charge in [-0.25, -0.2) is 4.79 Å². The average Bonchev–Trinajstić information content (AvgIpc) is 2.23. The monoisotopic (exact) mass is 286 g/mol. The fourth-order valence-corrected chi connectivity index (χ4v) is 2.03. The lowest BCUT2D eigenvalue weighted by Gasteiger charge is -2.38. The van der Waals surface area contributed by atoms with Gasteiger partial charge in [0.25, 0.3) is 0 Å². The summed E-state index contributed by atoms with van der Waals surface area (Å²) in [6.45, 7) is 18.5. The van der Waals surface area contributed by atoms with Crippen LogP contribution in [0.15, 0.2) is 0 Å². The Balaban J connectivity index is 4.71. The Kier molecular flexibility index (Phi) is 7.06. The Hall–Kier alpha value is -0.730. The molecule has 0 spiro atoms. The number of carbonyl (C=O) groups excluding carboxylic acids is 1. The van der Waals surface area contributed by atoms with E-state index in [1.807, 2.05) is 13.8 Å². The predicted octanol–water partition coefficient (Wildman–Crippen LogP) is 5.43. The molecule has 0 radical (unpaired) electrons. The van der Waals surface area contributed by atoms with E-state index in [0.29, 0.717) is 11.8 Å². The van der Waals surface area contributed by atoms with Crippen molar-refractivity contribution in [3.05, 3.63) is 0 Å². The van der Waals surface area contributed by atoms with E-state index >= 15 is 0 Å². The van der Waals surface area contributed by atoms with Gasteiger partial charge >= 0.3 is 6.16 Å². The van der Waals surface area contributed by atoms with E-state index in [1.54, 1.807) is 0 Å². The van der Waals surface area contributed by atoms with Crippen LogP contribution in [-0.2, 0) is 9.47 Å². The number of ether oxygens (including phenoxy) is 2. The zero-order valence-electron chi connectivity index (χ0n) is 14.9. The largest absolute Gasteiger partial charge is 0.509 e. The first-order valence-corrected chi connectivity index (χ1v) is 7.82. The molecule has 0 amide bonds. The minimum absolute atomic E-state index is 0.0850. The van der Waals surface area contributed by atoms with Crippen LogP contribution < -0.4 is 0 Å². The van der Waals surface area contributed by atoms with Gasteiger partial charge in [-0.3, -0.25) is 0 Å². The number of carbonyl (C=O) groups is 1. The maximum Gasteiger partial charge on any atom is 0.509 e. The molecule has 0 aliphatic carbocycles. The third kappa shape index (κ3) is 5.72. The van der Waals surface area contributed by atoms with E-state index < -0.39 is 11.8 Å². The lowest BCUT2D eigenvalue weighted by molar-refractivity contribution is -0.0937. The minimum Gasteiger partial charge on any atom is -0.430 e. The molecule has 0 fully saturated rings. The van der Waals surface area contributed by atoms with Crippen LogP contribution in [0.2, 0.25) is 0 Å². The van der Waals surface area contributed by atoms with Crippen LogP contribution in [0.3, 0.4) is 0 Å². The molecule has 0 aromatic rings. The highest BCUT2D eigenvalue weighted by Crippen LogP contribution is 2.33. The first-order chi connectivity index (χ1) is 8.92. The van der Waals surface area contributed by atoms with Crippen molar-refractivity contribution in [2.24, 2.45) is 17.3 Å². The van der Waals surface area contributed by atoms with Crippen molar-refractivity contribution in [2.75, 3.05) is 0 Å². The second kappa shape index (κ2) is 7.33. The maximum absolute atomic E-state index is 12.1. The molecule has 0 aliphatic rings. The SMILES string of the molecule is CCCC(C)C(OC(=O)OC(C)(C)C(C)(C)C)C(C)C. The van der Waals surface area contributed by atoms with Crippen molar-refractivity contribution in [1.29, 1.82) is 0 Å². The molecule has 0 heterocycles. The second-order valence-electron chi connectivity index (χ2n) is 7.70. The average molecular weight is 286 g/mol. The highest BCUT2D eigenvalue weighted by Gasteiger charge is 2.38. The number of rotatable bonds is 6. The van der Waals surface area contributed by atoms with E-state index in [1.165, 1.54) is 0 Å². The van der Waals surface area contributed by atoms with E-state index in [9.17, 15) is 4.79 Å². The number of hydrogen-bond donors (Lipinski definition) is 0. The molecule has 2 unspecified atom stereocenters. The van der Waals surface area contributed by atoms with Gasteiger partial charge in [0.15, 0.2) is 0 Å². The first-order valence-electron chi connectivity index (χ1n) is 7.82. The highest BCUT2D eigenvalue weighted by atomic mass is 16.7. The second-order valence-corrected chi connectivity index (χ2v) is 7.70. The van der Waals surface area contributed by atoms with E-state index in [0.717, 1.165) is 12.8 Å². The van der Waals surface area contributed by atoms with Gasteiger partial charge in [-0.2, -0.15) is 0 Å². The summed E-state index contributed by atoms with van der Waals surface area (Å²) < 4.78 is 11.1. The Morgan fingerprint density at radius 2 is 1.55 bits per heavy atom. The van der Waals surface area contributed by atoms with E-state index in [2.05, 4.69) is 48.5 Å². The molecule has 0 saturated heterocycles. The fourth-order valence-electron chi connectivity index (χ4n) is 2.03. The van der Waals surface area contributed by atoms with Gasteiger partial charge in [0.05, 0.1) is 0 Å². The fraction of sp³-hybridized carbons (Fsp3) is 0.941. The first kappa shape index (κ1) is 19.3. The summed E-state index contributed by atoms with van der Waals surface area (Å²) in [6.07, 6.45) is 1.51. The zero-order valence-corrected chi connectivity index (χ0v) is 14.9. The lowest BCUT2D eigenvalue weighted by atomic mass is 9.79. The van der Waals surface area contributed by atoms with Gasteiger partial charge in [0, 0.05) is 5.41 Å². The van der Waals surface area contributed by atoms with Gasteiger partial charge in [-0.05, 0) is 32.1 Å². The molecule has 3 nitrogen and oxygen atoms in total. The quantitative estimate of drug-likeness (QED) is 0.611. The molecule has 0 rings (SSSR count). The molecule has 0 saturated carbocycles. The zero-order chi connectivity index (χ0) is 16.1. The smallest absolute Gasteiger partial charge is 0.430 e. The number of hydrogen-bond acceptors (Lipinski definition) is 3. The Bertz CT molecular complexity index is 300. The summed E-state index contributed by atoms with van der Waals surface area (Å²) in [6, 6.07) is 0. The molecule has 3 heteroatoms. The third-order valence-corrected chi connectivity index (χ3v) is 4.34. The molecule has 0 aromatic carbocycles. The molecule has 120 valence electrons. The topological polar surface area (TPSA) is 35.5 Å². The van der Waals surface area contributed by atoms with Crippen LogP contribution >= 0.6 is 0 Å². The van der Waals surface area contributed by atoms with Crippen LogP contribution in [0.25, 0.3) is 0 Å². The van der Waals surface area contributed by atoms with Crippen molar-refractivity contribution in [3.63, 3.8) is 0 Å². The van der Waals surface area contributed by atoms with E-state index in [4.69, 9.17) is 9.47 Å². The summed E-state index contributed by atoms with van der Waals surface area (Å²) in [5.74, 6) is 0.646. The molecule has 0 bridgehead atoms. The summed E-state index contributed by atoms with van der Waals surface area (Å²) >= 11 is 0. The molecule has 0 N–H and O–H groups in total. The van der Waals surface area contributed by atoms with Gasteiger partial charge < -0.3 is 9.47 Å². The van der Waals surface area contributed by atoms with Crippen LogP contribution in [0, 0.1) is 17.3 Å². The normalized spacial score (nSPS) is 15.9. The molecule has 0 aliphatic heterocycles. The molecule has 20 heavy (non-hydrogen) atoms. The predicted molar refractivity (Wildman–Crippen MR) is 83.8 cm³/mol. The Labute approximate surface area is 125 Å². The van der Waals surface area contributed by atoms with Gasteiger partial charge in [-0.1, -0.05) is 54.9 Å². The van der Waals surface area contributed by atoms with Crippen LogP contribution in [-0.4, -0.2) is 17.9 Å². The van der Waals surface area contributed by atoms with Gasteiger partial charge in [-0.15, -0.1) is 0 Å². The maximum atomic E-state index is 12.1. The molecule has 2 atom stereocenters. The van der Waals surface area contributed by atoms with Crippen molar-refractivity contribution >= 4 is 6.16 Å². The van der Waals surface area contributed by atoms with Crippen molar-refractivity contribution < 1.29 is 14.3 Å². The van der Waals surface area contributed by atoms with Gasteiger partial charge in [0.2, 0.25) is 0 Å². The lowest BCUT2D eigenvalue weighted by Crippen LogP contribution is -2.42. The minimum atomic E-state index is -0.556. The Morgan fingerprint density at radius 1 is 1.05 bits per heavy atom. The van der Waals surface area contributed by atoms with Gasteiger partial charge in [0.1, 0.15) is 11.7 Å². The summed E-state index contributed by atoms with van der Waals surface area (Å²) in [5, 5.41) is 0. The van der Waals surface area contributed by atoms with Crippen molar-refractivity contribution in [3.8, 4) is 0 Å². The molecular weight excluding hydrogens is 252 g/mol. The highest BCUT2D eigenvalue weighted by molar-refractivity contribution is 5.61. The van der Waals surface area contributed by atoms with Crippen molar-refractivity contribution in [2.45, 2.75) is 86.9 Å². The van der Waals surface area contributed by atoms with E-state index in [-0.39, 0.29) is 11.5 Å². The van der Waals surface area contributed by atoms with Crippen LogP contribution in [0.4, 0.5) is 4.79 Å². The summed E-state index contributed by atoms with van der Waals surface area (Å²) in [7, 11) is 0. The standard InChI is InChI=1S/C17H34O3/c1-10-11-13(4)14(12(2)3)19-15(18)20-17(8,9)16(5,6)7/h12-14H,10-11H2,1-9H3. The molecular formula is C17H34O3. The van der Waals surface area contributed by atoms with Crippen molar-refractivity contribution in [1.82, 2.24) is 0 Å². The third-order valence-electron chi connectivity index (χ3n) is 4.34. The Morgan fingerprint density at radius 3 is 1.90 bits per heavy atom.